The van der Waals surface area contributed by atoms with Gasteiger partial charge in [-0.15, -0.1) is 0 Å². The van der Waals surface area contributed by atoms with Crippen LogP contribution in [-0.4, -0.2) is 29.3 Å². The molecule has 28 heavy (non-hydrogen) atoms. The molecule has 1 N–H and O–H groups in total. The van der Waals surface area contributed by atoms with Crippen molar-refractivity contribution in [1.29, 1.82) is 0 Å². The van der Waals surface area contributed by atoms with Crippen LogP contribution in [0.1, 0.15) is 44.2 Å². The molecule has 2 amide bonds. The Bertz CT molecular complexity index is 747. The SMILES string of the molecule is CCCCNC(=O)[C@@H](CC)N(Cc1ccccc1)C(=O)Cc1ccc(F)cc1. The van der Waals surface area contributed by atoms with Crippen molar-refractivity contribution in [3.05, 3.63) is 71.5 Å². The molecule has 5 heteroatoms. The molecule has 0 heterocycles. The highest BCUT2D eigenvalue weighted by Gasteiger charge is 2.28. The third kappa shape index (κ3) is 6.48. The molecule has 0 saturated carbocycles. The zero-order chi connectivity index (χ0) is 20.4. The lowest BCUT2D eigenvalue weighted by molar-refractivity contribution is -0.140. The van der Waals surface area contributed by atoms with E-state index in [1.807, 2.05) is 37.3 Å². The standard InChI is InChI=1S/C23H29FN2O2/c1-3-5-15-25-23(28)21(4-2)26(17-19-9-7-6-8-10-19)22(27)16-18-11-13-20(24)14-12-18/h6-14,21H,3-5,15-17H2,1-2H3,(H,25,28)/t21-/m1/s1. The summed E-state index contributed by atoms with van der Waals surface area (Å²) in [6.07, 6.45) is 2.56. The fourth-order valence-corrected chi connectivity index (χ4v) is 3.08. The molecule has 0 aliphatic heterocycles. The molecule has 0 radical (unpaired) electrons. The van der Waals surface area contributed by atoms with Crippen LogP contribution in [0.15, 0.2) is 54.6 Å². The van der Waals surface area contributed by atoms with Crippen LogP contribution >= 0.6 is 0 Å². The molecular formula is C23H29FN2O2. The van der Waals surface area contributed by atoms with Gasteiger partial charge in [0.2, 0.25) is 11.8 Å². The number of amides is 2. The fraction of sp³-hybridized carbons (Fsp3) is 0.391. The third-order valence-corrected chi connectivity index (χ3v) is 4.68. The highest BCUT2D eigenvalue weighted by atomic mass is 19.1. The lowest BCUT2D eigenvalue weighted by Gasteiger charge is -2.30. The van der Waals surface area contributed by atoms with E-state index in [0.29, 0.717) is 19.5 Å². The summed E-state index contributed by atoms with van der Waals surface area (Å²) in [5.41, 5.74) is 1.69. The molecule has 150 valence electrons. The van der Waals surface area contributed by atoms with Crippen molar-refractivity contribution < 1.29 is 14.0 Å². The lowest BCUT2D eigenvalue weighted by Crippen LogP contribution is -2.49. The largest absolute Gasteiger partial charge is 0.354 e. The second kappa shape index (κ2) is 11.2. The van der Waals surface area contributed by atoms with Crippen LogP contribution in [0.5, 0.6) is 0 Å². The van der Waals surface area contributed by atoms with Gasteiger partial charge in [-0.2, -0.15) is 0 Å². The quantitative estimate of drug-likeness (QED) is 0.627. The van der Waals surface area contributed by atoms with E-state index in [1.54, 1.807) is 17.0 Å². The van der Waals surface area contributed by atoms with E-state index in [0.717, 1.165) is 24.0 Å². The molecule has 2 aromatic rings. The van der Waals surface area contributed by atoms with E-state index in [-0.39, 0.29) is 24.1 Å². The molecule has 0 fully saturated rings. The van der Waals surface area contributed by atoms with Crippen molar-refractivity contribution in [2.45, 2.75) is 52.1 Å². The molecule has 2 aromatic carbocycles. The molecule has 4 nitrogen and oxygen atoms in total. The summed E-state index contributed by atoms with van der Waals surface area (Å²) in [7, 11) is 0. The number of nitrogens with zero attached hydrogens (tertiary/aromatic N) is 1. The number of unbranched alkanes of at least 4 members (excludes halogenated alkanes) is 1. The highest BCUT2D eigenvalue weighted by molar-refractivity contribution is 5.88. The van der Waals surface area contributed by atoms with Gasteiger partial charge in [0.25, 0.3) is 0 Å². The second-order valence-corrected chi connectivity index (χ2v) is 6.88. The average Bonchev–Trinajstić information content (AvgIpc) is 2.70. The van der Waals surface area contributed by atoms with Crippen LogP contribution in [-0.2, 0) is 22.6 Å². The summed E-state index contributed by atoms with van der Waals surface area (Å²) in [4.78, 5) is 27.5. The Morgan fingerprint density at radius 3 is 2.29 bits per heavy atom. The molecule has 0 bridgehead atoms. The number of carbonyl (C=O) groups excluding carboxylic acids is 2. The number of benzene rings is 2. The summed E-state index contributed by atoms with van der Waals surface area (Å²) < 4.78 is 13.2. The molecule has 1 atom stereocenters. The molecule has 0 aliphatic carbocycles. The van der Waals surface area contributed by atoms with E-state index in [2.05, 4.69) is 12.2 Å². The first-order chi connectivity index (χ1) is 13.5. The Morgan fingerprint density at radius 1 is 1.00 bits per heavy atom. The van der Waals surface area contributed by atoms with Gasteiger partial charge in [-0.25, -0.2) is 4.39 Å². The van der Waals surface area contributed by atoms with Crippen molar-refractivity contribution >= 4 is 11.8 Å². The van der Waals surface area contributed by atoms with Gasteiger partial charge in [0.05, 0.1) is 6.42 Å². The average molecular weight is 384 g/mol. The number of hydrogen-bond acceptors (Lipinski definition) is 2. The van der Waals surface area contributed by atoms with Crippen LogP contribution in [0.25, 0.3) is 0 Å². The smallest absolute Gasteiger partial charge is 0.242 e. The van der Waals surface area contributed by atoms with Gasteiger partial charge in [0.1, 0.15) is 11.9 Å². The number of hydrogen-bond donors (Lipinski definition) is 1. The normalized spacial score (nSPS) is 11.7. The maximum absolute atomic E-state index is 13.2. The van der Waals surface area contributed by atoms with Gasteiger partial charge in [-0.3, -0.25) is 9.59 Å². The molecule has 0 spiro atoms. The van der Waals surface area contributed by atoms with Gasteiger partial charge in [-0.1, -0.05) is 62.7 Å². The minimum atomic E-state index is -0.537. The molecule has 2 rings (SSSR count). The zero-order valence-corrected chi connectivity index (χ0v) is 16.7. The first-order valence-electron chi connectivity index (χ1n) is 9.90. The van der Waals surface area contributed by atoms with Gasteiger partial charge in [0, 0.05) is 13.1 Å². The summed E-state index contributed by atoms with van der Waals surface area (Å²) in [5.74, 6) is -0.605. The highest BCUT2D eigenvalue weighted by Crippen LogP contribution is 2.15. The van der Waals surface area contributed by atoms with Crippen LogP contribution < -0.4 is 5.32 Å². The number of rotatable bonds is 10. The predicted molar refractivity (Wildman–Crippen MR) is 109 cm³/mol. The number of nitrogens with one attached hydrogen (secondary N) is 1. The fourth-order valence-electron chi connectivity index (χ4n) is 3.08. The molecule has 0 saturated heterocycles. The van der Waals surface area contributed by atoms with Crippen molar-refractivity contribution in [2.24, 2.45) is 0 Å². The van der Waals surface area contributed by atoms with E-state index in [1.165, 1.54) is 12.1 Å². The van der Waals surface area contributed by atoms with Crippen molar-refractivity contribution in [2.75, 3.05) is 6.54 Å². The van der Waals surface area contributed by atoms with E-state index >= 15 is 0 Å². The van der Waals surface area contributed by atoms with Crippen LogP contribution in [0.3, 0.4) is 0 Å². The van der Waals surface area contributed by atoms with Crippen molar-refractivity contribution in [3.63, 3.8) is 0 Å². The first kappa shape index (κ1) is 21.6. The molecule has 0 aliphatic rings. The van der Waals surface area contributed by atoms with E-state index in [4.69, 9.17) is 0 Å². The Morgan fingerprint density at radius 2 is 1.68 bits per heavy atom. The van der Waals surface area contributed by atoms with Crippen LogP contribution in [0.4, 0.5) is 4.39 Å². The van der Waals surface area contributed by atoms with Gasteiger partial charge >= 0.3 is 0 Å². The van der Waals surface area contributed by atoms with Crippen LogP contribution in [0, 0.1) is 5.82 Å². The van der Waals surface area contributed by atoms with Crippen LogP contribution in [0.2, 0.25) is 0 Å². The maximum atomic E-state index is 13.2. The third-order valence-electron chi connectivity index (χ3n) is 4.68. The zero-order valence-electron chi connectivity index (χ0n) is 16.7. The predicted octanol–water partition coefficient (Wildman–Crippen LogP) is 4.09. The van der Waals surface area contributed by atoms with Gasteiger partial charge < -0.3 is 10.2 Å². The van der Waals surface area contributed by atoms with Gasteiger partial charge in [-0.05, 0) is 36.1 Å². The minimum absolute atomic E-state index is 0.126. The molecular weight excluding hydrogens is 355 g/mol. The van der Waals surface area contributed by atoms with Crippen molar-refractivity contribution in [1.82, 2.24) is 10.2 Å². The topological polar surface area (TPSA) is 49.4 Å². The number of halogens is 1. The maximum Gasteiger partial charge on any atom is 0.242 e. The van der Waals surface area contributed by atoms with E-state index < -0.39 is 6.04 Å². The molecule has 0 unspecified atom stereocenters. The Kier molecular flexibility index (Phi) is 8.66. The Labute approximate surface area is 166 Å². The summed E-state index contributed by atoms with van der Waals surface area (Å²) in [6, 6.07) is 15.0. The summed E-state index contributed by atoms with van der Waals surface area (Å²) in [5, 5.41) is 2.94. The molecule has 0 aromatic heterocycles. The Balaban J connectivity index is 2.19. The number of carbonyl (C=O) groups is 2. The summed E-state index contributed by atoms with van der Waals surface area (Å²) in [6.45, 7) is 4.95. The van der Waals surface area contributed by atoms with E-state index in [9.17, 15) is 14.0 Å². The first-order valence-corrected chi connectivity index (χ1v) is 9.90. The summed E-state index contributed by atoms with van der Waals surface area (Å²) >= 11 is 0. The minimum Gasteiger partial charge on any atom is -0.354 e. The monoisotopic (exact) mass is 384 g/mol. The Hall–Kier alpha value is -2.69. The van der Waals surface area contributed by atoms with Crippen molar-refractivity contribution in [3.8, 4) is 0 Å². The van der Waals surface area contributed by atoms with Gasteiger partial charge in [0.15, 0.2) is 0 Å². The second-order valence-electron chi connectivity index (χ2n) is 6.88. The lowest BCUT2D eigenvalue weighted by atomic mass is 10.1.